The fourth-order valence-electron chi connectivity index (χ4n) is 2.71. The number of hydrogen-bond acceptors (Lipinski definition) is 3. The molecule has 0 fully saturated rings. The smallest absolute Gasteiger partial charge is 0.312 e. The summed E-state index contributed by atoms with van der Waals surface area (Å²) >= 11 is 0. The van der Waals surface area contributed by atoms with E-state index in [0.29, 0.717) is 19.6 Å². The zero-order valence-electron chi connectivity index (χ0n) is 13.3. The average Bonchev–Trinajstić information content (AvgIpc) is 3.15. The van der Waals surface area contributed by atoms with E-state index in [4.69, 9.17) is 0 Å². The molecule has 0 radical (unpaired) electrons. The van der Waals surface area contributed by atoms with Gasteiger partial charge in [0.15, 0.2) is 0 Å². The first kappa shape index (κ1) is 16.0. The summed E-state index contributed by atoms with van der Waals surface area (Å²) in [6, 6.07) is 9.34. The number of imidazole rings is 1. The topological polar surface area (TPSA) is 67.2 Å². The Bertz CT molecular complexity index is 710. The quantitative estimate of drug-likeness (QED) is 0.685. The number of amides is 2. The number of carbonyl (C=O) groups is 2. The Morgan fingerprint density at radius 1 is 1.21 bits per heavy atom. The maximum absolute atomic E-state index is 12.4. The second kappa shape index (κ2) is 7.59. The van der Waals surface area contributed by atoms with E-state index in [1.165, 1.54) is 0 Å². The summed E-state index contributed by atoms with van der Waals surface area (Å²) in [4.78, 5) is 30.3. The van der Waals surface area contributed by atoms with Crippen LogP contribution < -0.4 is 5.32 Å². The molecular formula is C18H20N4O2. The van der Waals surface area contributed by atoms with E-state index in [0.717, 1.165) is 12.0 Å². The normalized spacial score (nSPS) is 15.1. The Morgan fingerprint density at radius 3 is 2.71 bits per heavy atom. The van der Waals surface area contributed by atoms with Crippen LogP contribution in [-0.4, -0.2) is 39.4 Å². The monoisotopic (exact) mass is 324 g/mol. The fourth-order valence-corrected chi connectivity index (χ4v) is 2.71. The minimum Gasteiger partial charge on any atom is -0.339 e. The first-order chi connectivity index (χ1) is 11.7. The standard InChI is InChI=1S/C18H20N4O2/c23-17(18(24)22-10-5-2-6-11-22)20-16(13-21-12-9-19-14-21)15-7-3-1-4-8-15/h1-5,7-9,12,14,16H,6,10-11,13H2,(H,20,23). The molecule has 1 aromatic heterocycles. The molecule has 124 valence electrons. The van der Waals surface area contributed by atoms with Gasteiger partial charge in [-0.25, -0.2) is 4.98 Å². The molecule has 24 heavy (non-hydrogen) atoms. The SMILES string of the molecule is O=C(NC(Cn1ccnc1)c1ccccc1)C(=O)N1CC=CCC1. The van der Waals surface area contributed by atoms with Crippen molar-refractivity contribution in [1.29, 1.82) is 0 Å². The van der Waals surface area contributed by atoms with Gasteiger partial charge in [-0.2, -0.15) is 0 Å². The number of rotatable bonds is 4. The Kier molecular flexibility index (Phi) is 5.05. The Balaban J connectivity index is 1.72. The third kappa shape index (κ3) is 3.90. The predicted octanol–water partition coefficient (Wildman–Crippen LogP) is 1.53. The summed E-state index contributed by atoms with van der Waals surface area (Å²) in [5, 5.41) is 2.87. The molecule has 0 saturated carbocycles. The zero-order chi connectivity index (χ0) is 16.8. The van der Waals surface area contributed by atoms with Crippen LogP contribution in [0.25, 0.3) is 0 Å². The fraction of sp³-hybridized carbons (Fsp3) is 0.278. The van der Waals surface area contributed by atoms with Crippen LogP contribution in [0.3, 0.4) is 0 Å². The van der Waals surface area contributed by atoms with E-state index in [-0.39, 0.29) is 6.04 Å². The van der Waals surface area contributed by atoms with Gasteiger partial charge in [-0.1, -0.05) is 42.5 Å². The van der Waals surface area contributed by atoms with Gasteiger partial charge in [0.1, 0.15) is 0 Å². The minimum atomic E-state index is -0.570. The Hall–Kier alpha value is -2.89. The Morgan fingerprint density at radius 2 is 2.04 bits per heavy atom. The first-order valence-electron chi connectivity index (χ1n) is 7.99. The molecule has 1 atom stereocenters. The van der Waals surface area contributed by atoms with Crippen molar-refractivity contribution < 1.29 is 9.59 Å². The van der Waals surface area contributed by atoms with E-state index in [1.54, 1.807) is 17.4 Å². The van der Waals surface area contributed by atoms with Gasteiger partial charge < -0.3 is 14.8 Å². The van der Waals surface area contributed by atoms with Gasteiger partial charge in [-0.05, 0) is 12.0 Å². The molecule has 1 aliphatic heterocycles. The summed E-state index contributed by atoms with van der Waals surface area (Å²) in [7, 11) is 0. The third-order valence-electron chi connectivity index (χ3n) is 4.00. The molecule has 0 saturated heterocycles. The van der Waals surface area contributed by atoms with Crippen molar-refractivity contribution >= 4 is 11.8 Å². The van der Waals surface area contributed by atoms with Gasteiger partial charge in [0.2, 0.25) is 0 Å². The molecular weight excluding hydrogens is 304 g/mol. The highest BCUT2D eigenvalue weighted by Gasteiger charge is 2.25. The van der Waals surface area contributed by atoms with Gasteiger partial charge in [0, 0.05) is 32.0 Å². The van der Waals surface area contributed by atoms with E-state index < -0.39 is 11.8 Å². The van der Waals surface area contributed by atoms with Crippen molar-refractivity contribution in [3.8, 4) is 0 Å². The molecule has 6 nitrogen and oxygen atoms in total. The van der Waals surface area contributed by atoms with E-state index in [9.17, 15) is 9.59 Å². The molecule has 6 heteroatoms. The number of hydrogen-bond donors (Lipinski definition) is 1. The van der Waals surface area contributed by atoms with Crippen LogP contribution in [0, 0.1) is 0 Å². The molecule has 0 aliphatic carbocycles. The molecule has 0 bridgehead atoms. The summed E-state index contributed by atoms with van der Waals surface area (Å²) in [5.41, 5.74) is 0.950. The highest BCUT2D eigenvalue weighted by Crippen LogP contribution is 2.15. The van der Waals surface area contributed by atoms with Crippen molar-refractivity contribution in [2.45, 2.75) is 19.0 Å². The lowest BCUT2D eigenvalue weighted by Gasteiger charge is -2.25. The molecule has 1 aliphatic rings. The van der Waals surface area contributed by atoms with Crippen LogP contribution in [0.2, 0.25) is 0 Å². The molecule has 3 rings (SSSR count). The summed E-state index contributed by atoms with van der Waals surface area (Å²) in [6.07, 6.45) is 9.94. The lowest BCUT2D eigenvalue weighted by Crippen LogP contribution is -2.45. The lowest BCUT2D eigenvalue weighted by atomic mass is 10.1. The van der Waals surface area contributed by atoms with Gasteiger partial charge in [-0.3, -0.25) is 9.59 Å². The third-order valence-corrected chi connectivity index (χ3v) is 4.00. The zero-order valence-corrected chi connectivity index (χ0v) is 13.3. The van der Waals surface area contributed by atoms with Gasteiger partial charge in [-0.15, -0.1) is 0 Å². The maximum Gasteiger partial charge on any atom is 0.312 e. The van der Waals surface area contributed by atoms with E-state index in [2.05, 4.69) is 10.3 Å². The van der Waals surface area contributed by atoms with Crippen molar-refractivity contribution in [3.05, 3.63) is 66.8 Å². The van der Waals surface area contributed by atoms with Crippen LogP contribution >= 0.6 is 0 Å². The van der Waals surface area contributed by atoms with Crippen molar-refractivity contribution in [3.63, 3.8) is 0 Å². The predicted molar refractivity (Wildman–Crippen MR) is 89.9 cm³/mol. The number of benzene rings is 1. The van der Waals surface area contributed by atoms with E-state index in [1.807, 2.05) is 53.2 Å². The van der Waals surface area contributed by atoms with Crippen LogP contribution in [-0.2, 0) is 16.1 Å². The van der Waals surface area contributed by atoms with Crippen LogP contribution in [0.15, 0.2) is 61.2 Å². The minimum absolute atomic E-state index is 0.294. The summed E-state index contributed by atoms with van der Waals surface area (Å²) in [5.74, 6) is -1.05. The Labute approximate surface area is 140 Å². The van der Waals surface area contributed by atoms with Crippen molar-refractivity contribution in [1.82, 2.24) is 19.8 Å². The highest BCUT2D eigenvalue weighted by molar-refractivity contribution is 6.35. The molecule has 1 N–H and O–H groups in total. The molecule has 0 spiro atoms. The largest absolute Gasteiger partial charge is 0.339 e. The van der Waals surface area contributed by atoms with Gasteiger partial charge in [0.25, 0.3) is 0 Å². The maximum atomic E-state index is 12.4. The lowest BCUT2D eigenvalue weighted by molar-refractivity contribution is -0.146. The average molecular weight is 324 g/mol. The van der Waals surface area contributed by atoms with Crippen LogP contribution in [0.4, 0.5) is 0 Å². The number of aromatic nitrogens is 2. The summed E-state index contributed by atoms with van der Waals surface area (Å²) in [6.45, 7) is 1.59. The molecule has 2 aromatic rings. The molecule has 1 aromatic carbocycles. The molecule has 2 heterocycles. The second-order valence-electron chi connectivity index (χ2n) is 5.71. The second-order valence-corrected chi connectivity index (χ2v) is 5.71. The highest BCUT2D eigenvalue weighted by atomic mass is 16.2. The van der Waals surface area contributed by atoms with Gasteiger partial charge >= 0.3 is 11.8 Å². The molecule has 1 unspecified atom stereocenters. The van der Waals surface area contributed by atoms with Crippen molar-refractivity contribution in [2.75, 3.05) is 13.1 Å². The first-order valence-corrected chi connectivity index (χ1v) is 7.99. The molecule has 2 amide bonds. The van der Waals surface area contributed by atoms with Crippen LogP contribution in [0.5, 0.6) is 0 Å². The van der Waals surface area contributed by atoms with Crippen molar-refractivity contribution in [2.24, 2.45) is 0 Å². The number of carbonyl (C=O) groups excluding carboxylic acids is 2. The number of nitrogens with one attached hydrogen (secondary N) is 1. The van der Waals surface area contributed by atoms with E-state index >= 15 is 0 Å². The number of nitrogens with zero attached hydrogens (tertiary/aromatic N) is 3. The van der Waals surface area contributed by atoms with Crippen LogP contribution in [0.1, 0.15) is 18.0 Å². The summed E-state index contributed by atoms with van der Waals surface area (Å²) < 4.78 is 1.88. The van der Waals surface area contributed by atoms with Gasteiger partial charge in [0.05, 0.1) is 12.4 Å².